The van der Waals surface area contributed by atoms with Crippen LogP contribution >= 0.6 is 11.6 Å². The van der Waals surface area contributed by atoms with E-state index in [1.165, 1.54) is 0 Å². The van der Waals surface area contributed by atoms with Gasteiger partial charge in [-0.3, -0.25) is 4.79 Å². The standard InChI is InChI=1S/C14H13ClN2O2/c15-11-3-1-2-9(6-11)13-16-7-12-5-4-10(14(18)19)8-17(12)13/h1-3,6-7,10H,4-5,8H2,(H,18,19). The van der Waals surface area contributed by atoms with E-state index in [9.17, 15) is 4.79 Å². The number of carboxylic acids is 1. The Hall–Kier alpha value is -1.81. The molecule has 0 saturated heterocycles. The highest BCUT2D eigenvalue weighted by Crippen LogP contribution is 2.28. The summed E-state index contributed by atoms with van der Waals surface area (Å²) in [6.45, 7) is 0.479. The maximum absolute atomic E-state index is 11.1. The minimum atomic E-state index is -0.739. The molecule has 0 fully saturated rings. The summed E-state index contributed by atoms with van der Waals surface area (Å²) in [6.07, 6.45) is 3.26. The molecule has 1 unspecified atom stereocenters. The van der Waals surface area contributed by atoms with E-state index in [1.807, 2.05) is 35.0 Å². The molecule has 0 amide bonds. The van der Waals surface area contributed by atoms with Crippen molar-refractivity contribution in [2.24, 2.45) is 5.92 Å². The maximum atomic E-state index is 11.1. The summed E-state index contributed by atoms with van der Waals surface area (Å²) in [6, 6.07) is 7.47. The van der Waals surface area contributed by atoms with Gasteiger partial charge in [-0.25, -0.2) is 4.98 Å². The van der Waals surface area contributed by atoms with Gasteiger partial charge in [0.05, 0.1) is 5.92 Å². The van der Waals surface area contributed by atoms with Crippen LogP contribution in [-0.4, -0.2) is 20.6 Å². The number of carbonyl (C=O) groups is 1. The van der Waals surface area contributed by atoms with Gasteiger partial charge in [-0.05, 0) is 25.0 Å². The molecule has 1 aliphatic heterocycles. The van der Waals surface area contributed by atoms with Crippen molar-refractivity contribution in [1.29, 1.82) is 0 Å². The highest BCUT2D eigenvalue weighted by molar-refractivity contribution is 6.30. The summed E-state index contributed by atoms with van der Waals surface area (Å²) in [5, 5.41) is 9.81. The molecule has 0 radical (unpaired) electrons. The summed E-state index contributed by atoms with van der Waals surface area (Å²) in [5.74, 6) is -0.278. The molecule has 4 nitrogen and oxygen atoms in total. The molecule has 0 bridgehead atoms. The minimum absolute atomic E-state index is 0.334. The van der Waals surface area contributed by atoms with Crippen LogP contribution in [0.3, 0.4) is 0 Å². The van der Waals surface area contributed by atoms with Crippen molar-refractivity contribution in [3.05, 3.63) is 41.2 Å². The molecule has 0 aliphatic carbocycles. The molecule has 1 aromatic carbocycles. The van der Waals surface area contributed by atoms with Gasteiger partial charge in [0.15, 0.2) is 0 Å². The Morgan fingerprint density at radius 2 is 2.32 bits per heavy atom. The number of carboxylic acid groups (broad SMARTS) is 1. The van der Waals surface area contributed by atoms with Crippen LogP contribution in [0.25, 0.3) is 11.4 Å². The van der Waals surface area contributed by atoms with Crippen LogP contribution in [0.2, 0.25) is 5.02 Å². The SMILES string of the molecule is O=C(O)C1CCc2cnc(-c3cccc(Cl)c3)n2C1. The highest BCUT2D eigenvalue weighted by atomic mass is 35.5. The van der Waals surface area contributed by atoms with Crippen molar-refractivity contribution < 1.29 is 9.90 Å². The maximum Gasteiger partial charge on any atom is 0.308 e. The molecular weight excluding hydrogens is 264 g/mol. The van der Waals surface area contributed by atoms with Crippen LogP contribution in [0.4, 0.5) is 0 Å². The number of aromatic nitrogens is 2. The second-order valence-electron chi connectivity index (χ2n) is 4.77. The zero-order valence-electron chi connectivity index (χ0n) is 10.2. The Bertz CT molecular complexity index is 636. The van der Waals surface area contributed by atoms with Crippen LogP contribution in [0.1, 0.15) is 12.1 Å². The summed E-state index contributed by atoms with van der Waals surface area (Å²) >= 11 is 5.99. The molecule has 2 aromatic rings. The summed E-state index contributed by atoms with van der Waals surface area (Å²) in [7, 11) is 0. The number of imidazole rings is 1. The fourth-order valence-corrected chi connectivity index (χ4v) is 2.70. The molecular formula is C14H13ClN2O2. The van der Waals surface area contributed by atoms with Gasteiger partial charge < -0.3 is 9.67 Å². The summed E-state index contributed by atoms with van der Waals surface area (Å²) < 4.78 is 1.99. The highest BCUT2D eigenvalue weighted by Gasteiger charge is 2.26. The molecule has 0 saturated carbocycles. The number of rotatable bonds is 2. The third-order valence-corrected chi connectivity index (χ3v) is 3.76. The third-order valence-electron chi connectivity index (χ3n) is 3.52. The van der Waals surface area contributed by atoms with E-state index in [0.29, 0.717) is 18.0 Å². The molecule has 3 rings (SSSR count). The first-order valence-corrected chi connectivity index (χ1v) is 6.56. The monoisotopic (exact) mass is 276 g/mol. The number of hydrogen-bond acceptors (Lipinski definition) is 2. The summed E-state index contributed by atoms with van der Waals surface area (Å²) in [5.41, 5.74) is 2.01. The van der Waals surface area contributed by atoms with Gasteiger partial charge in [-0.15, -0.1) is 0 Å². The van der Waals surface area contributed by atoms with Crippen molar-refractivity contribution in [3.8, 4) is 11.4 Å². The predicted molar refractivity (Wildman–Crippen MR) is 72.1 cm³/mol. The number of fused-ring (bicyclic) bond motifs is 1. The molecule has 19 heavy (non-hydrogen) atoms. The lowest BCUT2D eigenvalue weighted by Gasteiger charge is -2.22. The zero-order valence-corrected chi connectivity index (χ0v) is 11.0. The van der Waals surface area contributed by atoms with Crippen molar-refractivity contribution in [2.45, 2.75) is 19.4 Å². The Morgan fingerprint density at radius 3 is 3.05 bits per heavy atom. The van der Waals surface area contributed by atoms with Crippen molar-refractivity contribution >= 4 is 17.6 Å². The van der Waals surface area contributed by atoms with Crippen LogP contribution in [-0.2, 0) is 17.8 Å². The van der Waals surface area contributed by atoms with E-state index in [1.54, 1.807) is 0 Å². The molecule has 98 valence electrons. The van der Waals surface area contributed by atoms with Crippen molar-refractivity contribution in [3.63, 3.8) is 0 Å². The van der Waals surface area contributed by atoms with Gasteiger partial charge >= 0.3 is 5.97 Å². The Morgan fingerprint density at radius 1 is 1.47 bits per heavy atom. The first-order chi connectivity index (χ1) is 9.15. The average molecular weight is 277 g/mol. The number of halogens is 1. The first-order valence-electron chi connectivity index (χ1n) is 6.18. The number of hydrogen-bond donors (Lipinski definition) is 1. The molecule has 1 atom stereocenters. The number of nitrogens with zero attached hydrogens (tertiary/aromatic N) is 2. The smallest absolute Gasteiger partial charge is 0.308 e. The van der Waals surface area contributed by atoms with Crippen LogP contribution in [0, 0.1) is 5.92 Å². The molecule has 1 aliphatic rings. The van der Waals surface area contributed by atoms with Crippen LogP contribution in [0.5, 0.6) is 0 Å². The van der Waals surface area contributed by atoms with Gasteiger partial charge in [-0.2, -0.15) is 0 Å². The molecule has 1 N–H and O–H groups in total. The fourth-order valence-electron chi connectivity index (χ4n) is 2.51. The third kappa shape index (κ3) is 2.24. The lowest BCUT2D eigenvalue weighted by atomic mass is 9.98. The fraction of sp³-hybridized carbons (Fsp3) is 0.286. The molecule has 1 aromatic heterocycles. The van der Waals surface area contributed by atoms with E-state index in [-0.39, 0.29) is 5.92 Å². The van der Waals surface area contributed by atoms with Crippen molar-refractivity contribution in [1.82, 2.24) is 9.55 Å². The number of benzene rings is 1. The summed E-state index contributed by atoms with van der Waals surface area (Å²) in [4.78, 5) is 15.5. The van der Waals surface area contributed by atoms with Gasteiger partial charge in [0.2, 0.25) is 0 Å². The predicted octanol–water partition coefficient (Wildman–Crippen LogP) is 2.85. The van der Waals surface area contributed by atoms with Gasteiger partial charge in [0.25, 0.3) is 0 Å². The van der Waals surface area contributed by atoms with E-state index in [4.69, 9.17) is 16.7 Å². The van der Waals surface area contributed by atoms with Crippen LogP contribution < -0.4 is 0 Å². The quantitative estimate of drug-likeness (QED) is 0.918. The van der Waals surface area contributed by atoms with E-state index >= 15 is 0 Å². The van der Waals surface area contributed by atoms with E-state index in [2.05, 4.69) is 4.98 Å². The lowest BCUT2D eigenvalue weighted by Crippen LogP contribution is -2.26. The van der Waals surface area contributed by atoms with Gasteiger partial charge in [-0.1, -0.05) is 23.7 Å². The van der Waals surface area contributed by atoms with Gasteiger partial charge in [0, 0.05) is 29.0 Å². The van der Waals surface area contributed by atoms with E-state index in [0.717, 1.165) is 23.5 Å². The largest absolute Gasteiger partial charge is 0.481 e. The molecule has 5 heteroatoms. The zero-order chi connectivity index (χ0) is 13.4. The molecule has 2 heterocycles. The van der Waals surface area contributed by atoms with Crippen molar-refractivity contribution in [2.75, 3.05) is 0 Å². The van der Waals surface area contributed by atoms with E-state index < -0.39 is 5.97 Å². The second-order valence-corrected chi connectivity index (χ2v) is 5.20. The normalized spacial score (nSPS) is 18.1. The average Bonchev–Trinajstić information content (AvgIpc) is 2.81. The molecule has 0 spiro atoms. The van der Waals surface area contributed by atoms with Gasteiger partial charge in [0.1, 0.15) is 5.82 Å². The number of aliphatic carboxylic acids is 1. The number of aryl methyl sites for hydroxylation is 1. The van der Waals surface area contributed by atoms with Crippen LogP contribution in [0.15, 0.2) is 30.5 Å². The Kier molecular flexibility index (Phi) is 3.03. The Balaban J connectivity index is 2.01. The minimum Gasteiger partial charge on any atom is -0.481 e. The second kappa shape index (κ2) is 4.70. The Labute approximate surface area is 115 Å². The lowest BCUT2D eigenvalue weighted by molar-refractivity contribution is -0.142. The first kappa shape index (κ1) is 12.2. The topological polar surface area (TPSA) is 55.1 Å².